The first-order valence-electron chi connectivity index (χ1n) is 6.61. The Balaban J connectivity index is 2.20. The van der Waals surface area contributed by atoms with Crippen LogP contribution in [0.2, 0.25) is 5.28 Å². The molecule has 2 aromatic rings. The largest absolute Gasteiger partial charge is 0.373 e. The summed E-state index contributed by atoms with van der Waals surface area (Å²) in [5, 5.41) is 3.40. The molecular weight excluding hydrogens is 272 g/mol. The Bertz CT molecular complexity index is 640. The fraction of sp³-hybridized carbons (Fsp3) is 0.333. The van der Waals surface area contributed by atoms with Crippen LogP contribution in [0.4, 0.5) is 17.3 Å². The summed E-state index contributed by atoms with van der Waals surface area (Å²) in [6, 6.07) is 10.2. The van der Waals surface area contributed by atoms with Crippen molar-refractivity contribution in [3.05, 3.63) is 41.2 Å². The van der Waals surface area contributed by atoms with Gasteiger partial charge in [-0.25, -0.2) is 4.98 Å². The van der Waals surface area contributed by atoms with E-state index in [1.807, 2.05) is 25.2 Å². The molecule has 0 bridgehead atoms. The van der Waals surface area contributed by atoms with E-state index in [9.17, 15) is 0 Å². The summed E-state index contributed by atoms with van der Waals surface area (Å²) in [6.07, 6.45) is 0. The first-order chi connectivity index (χ1) is 9.53. The fourth-order valence-electron chi connectivity index (χ4n) is 2.79. The van der Waals surface area contributed by atoms with E-state index in [2.05, 4.69) is 46.2 Å². The van der Waals surface area contributed by atoms with Gasteiger partial charge in [0.1, 0.15) is 11.6 Å². The van der Waals surface area contributed by atoms with Crippen molar-refractivity contribution < 1.29 is 0 Å². The lowest BCUT2D eigenvalue weighted by atomic mass is 9.88. The number of anilines is 3. The fourth-order valence-corrected chi connectivity index (χ4v) is 2.96. The van der Waals surface area contributed by atoms with E-state index >= 15 is 0 Å². The quantitative estimate of drug-likeness (QED) is 0.857. The number of fused-ring (bicyclic) bond motifs is 1. The molecule has 1 N–H and O–H groups in total. The molecule has 1 aliphatic heterocycles. The molecule has 0 saturated heterocycles. The van der Waals surface area contributed by atoms with Crippen LogP contribution >= 0.6 is 11.6 Å². The number of para-hydroxylation sites is 1. The molecule has 0 radical (unpaired) electrons. The predicted molar refractivity (Wildman–Crippen MR) is 83.1 cm³/mol. The lowest BCUT2D eigenvalue weighted by Crippen LogP contribution is -2.25. The minimum absolute atomic E-state index is 0.0336. The zero-order valence-electron chi connectivity index (χ0n) is 11.8. The summed E-state index contributed by atoms with van der Waals surface area (Å²) >= 11 is 6.06. The molecule has 0 aliphatic carbocycles. The molecule has 104 valence electrons. The lowest BCUT2D eigenvalue weighted by molar-refractivity contribution is 0.569. The van der Waals surface area contributed by atoms with Crippen LogP contribution in [0.5, 0.6) is 0 Å². The number of nitrogens with zero attached hydrogens (tertiary/aromatic N) is 3. The third kappa shape index (κ3) is 2.00. The first kappa shape index (κ1) is 13.2. The predicted octanol–water partition coefficient (Wildman–Crippen LogP) is 3.60. The molecule has 20 heavy (non-hydrogen) atoms. The van der Waals surface area contributed by atoms with Gasteiger partial charge in [0.25, 0.3) is 0 Å². The van der Waals surface area contributed by atoms with Crippen molar-refractivity contribution in [1.29, 1.82) is 0 Å². The Morgan fingerprint density at radius 1 is 1.20 bits per heavy atom. The van der Waals surface area contributed by atoms with Gasteiger partial charge in [0.05, 0.1) is 0 Å². The summed E-state index contributed by atoms with van der Waals surface area (Å²) in [6.45, 7) is 5.26. The van der Waals surface area contributed by atoms with E-state index in [1.54, 1.807) is 0 Å². The standard InChI is InChI=1S/C15H17ClN4/c1-15(2)9-20(10-7-5-4-6-8-10)13-11(15)12(17-3)18-14(16)19-13/h4-8H,9H2,1-3H3,(H,17,18,19). The molecule has 1 aliphatic rings. The number of benzene rings is 1. The third-order valence-corrected chi connectivity index (χ3v) is 3.82. The molecule has 0 fully saturated rings. The Kier molecular flexibility index (Phi) is 3.05. The summed E-state index contributed by atoms with van der Waals surface area (Å²) in [5.41, 5.74) is 2.21. The van der Waals surface area contributed by atoms with E-state index in [0.717, 1.165) is 29.4 Å². The molecular formula is C15H17ClN4. The number of rotatable bonds is 2. The molecule has 1 aromatic heterocycles. The zero-order valence-corrected chi connectivity index (χ0v) is 12.6. The van der Waals surface area contributed by atoms with Gasteiger partial charge in [0, 0.05) is 30.3 Å². The smallest absolute Gasteiger partial charge is 0.226 e. The molecule has 4 nitrogen and oxygen atoms in total. The molecule has 0 spiro atoms. The number of nitrogens with one attached hydrogen (secondary N) is 1. The van der Waals surface area contributed by atoms with Crippen molar-refractivity contribution in [2.45, 2.75) is 19.3 Å². The van der Waals surface area contributed by atoms with Gasteiger partial charge in [-0.15, -0.1) is 0 Å². The molecule has 0 atom stereocenters. The molecule has 2 heterocycles. The van der Waals surface area contributed by atoms with Gasteiger partial charge in [-0.2, -0.15) is 4.98 Å². The van der Waals surface area contributed by atoms with Gasteiger partial charge in [-0.3, -0.25) is 0 Å². The van der Waals surface area contributed by atoms with Crippen molar-refractivity contribution in [3.63, 3.8) is 0 Å². The molecule has 1 aromatic carbocycles. The van der Waals surface area contributed by atoms with E-state index in [-0.39, 0.29) is 10.7 Å². The maximum Gasteiger partial charge on any atom is 0.226 e. The summed E-state index contributed by atoms with van der Waals surface area (Å²) < 4.78 is 0. The highest BCUT2D eigenvalue weighted by Gasteiger charge is 2.40. The number of aromatic nitrogens is 2. The molecule has 3 rings (SSSR count). The summed E-state index contributed by atoms with van der Waals surface area (Å²) in [4.78, 5) is 11.0. The second-order valence-electron chi connectivity index (χ2n) is 5.60. The van der Waals surface area contributed by atoms with Gasteiger partial charge in [-0.05, 0) is 23.7 Å². The molecule has 0 amide bonds. The van der Waals surface area contributed by atoms with Crippen LogP contribution in [0.15, 0.2) is 30.3 Å². The van der Waals surface area contributed by atoms with Crippen LogP contribution in [0, 0.1) is 0 Å². The van der Waals surface area contributed by atoms with Gasteiger partial charge in [0.15, 0.2) is 0 Å². The number of hydrogen-bond acceptors (Lipinski definition) is 4. The van der Waals surface area contributed by atoms with Gasteiger partial charge in [-0.1, -0.05) is 32.0 Å². The minimum Gasteiger partial charge on any atom is -0.373 e. The van der Waals surface area contributed by atoms with Crippen LogP contribution in [-0.2, 0) is 5.41 Å². The minimum atomic E-state index is -0.0336. The second kappa shape index (κ2) is 4.63. The van der Waals surface area contributed by atoms with E-state index in [0.29, 0.717) is 0 Å². The Hall–Kier alpha value is -1.81. The number of halogens is 1. The average molecular weight is 289 g/mol. The topological polar surface area (TPSA) is 41.1 Å². The number of hydrogen-bond donors (Lipinski definition) is 1. The molecule has 5 heteroatoms. The van der Waals surface area contributed by atoms with Gasteiger partial charge in [0.2, 0.25) is 5.28 Å². The van der Waals surface area contributed by atoms with Gasteiger partial charge >= 0.3 is 0 Å². The summed E-state index contributed by atoms with van der Waals surface area (Å²) in [5.74, 6) is 1.70. The SMILES string of the molecule is CNc1nc(Cl)nc2c1C(C)(C)CN2c1ccccc1. The zero-order chi connectivity index (χ0) is 14.3. The van der Waals surface area contributed by atoms with Crippen molar-refractivity contribution >= 4 is 28.9 Å². The van der Waals surface area contributed by atoms with Crippen LogP contribution in [0.25, 0.3) is 0 Å². The van der Waals surface area contributed by atoms with Crippen molar-refractivity contribution in [1.82, 2.24) is 9.97 Å². The van der Waals surface area contributed by atoms with E-state index in [4.69, 9.17) is 11.6 Å². The molecule has 0 unspecified atom stereocenters. The monoisotopic (exact) mass is 288 g/mol. The first-order valence-corrected chi connectivity index (χ1v) is 6.99. The third-order valence-electron chi connectivity index (χ3n) is 3.65. The maximum absolute atomic E-state index is 6.06. The Labute approximate surface area is 123 Å². The second-order valence-corrected chi connectivity index (χ2v) is 5.93. The van der Waals surface area contributed by atoms with Crippen molar-refractivity contribution in [2.75, 3.05) is 23.8 Å². The van der Waals surface area contributed by atoms with Crippen LogP contribution in [0.1, 0.15) is 19.4 Å². The van der Waals surface area contributed by atoms with Crippen LogP contribution in [-0.4, -0.2) is 23.6 Å². The normalized spacial score (nSPS) is 16.1. The Morgan fingerprint density at radius 2 is 1.90 bits per heavy atom. The van der Waals surface area contributed by atoms with Crippen LogP contribution in [0.3, 0.4) is 0 Å². The average Bonchev–Trinajstić information content (AvgIpc) is 2.70. The highest BCUT2D eigenvalue weighted by atomic mass is 35.5. The van der Waals surface area contributed by atoms with Gasteiger partial charge < -0.3 is 10.2 Å². The van der Waals surface area contributed by atoms with E-state index < -0.39 is 0 Å². The lowest BCUT2D eigenvalue weighted by Gasteiger charge is -2.21. The summed E-state index contributed by atoms with van der Waals surface area (Å²) in [7, 11) is 1.86. The van der Waals surface area contributed by atoms with Crippen molar-refractivity contribution in [3.8, 4) is 0 Å². The van der Waals surface area contributed by atoms with Crippen LogP contribution < -0.4 is 10.2 Å². The Morgan fingerprint density at radius 3 is 2.55 bits per heavy atom. The van der Waals surface area contributed by atoms with Crippen molar-refractivity contribution in [2.24, 2.45) is 0 Å². The van der Waals surface area contributed by atoms with E-state index in [1.165, 1.54) is 0 Å². The molecule has 0 saturated carbocycles. The highest BCUT2D eigenvalue weighted by molar-refractivity contribution is 6.28. The highest BCUT2D eigenvalue weighted by Crippen LogP contribution is 2.46. The maximum atomic E-state index is 6.06.